The van der Waals surface area contributed by atoms with Gasteiger partial charge in [-0.05, 0) is 37.1 Å². The van der Waals surface area contributed by atoms with E-state index in [0.717, 1.165) is 16.8 Å². The van der Waals surface area contributed by atoms with Crippen molar-refractivity contribution in [2.24, 2.45) is 0 Å². The first-order valence-electron chi connectivity index (χ1n) is 7.66. The predicted molar refractivity (Wildman–Crippen MR) is 92.6 cm³/mol. The summed E-state index contributed by atoms with van der Waals surface area (Å²) in [5.74, 6) is -0.176. The van der Waals surface area contributed by atoms with Crippen LogP contribution in [0, 0.1) is 0 Å². The van der Waals surface area contributed by atoms with E-state index < -0.39 is 6.10 Å². The van der Waals surface area contributed by atoms with E-state index in [4.69, 9.17) is 0 Å². The molecule has 0 aliphatic carbocycles. The third-order valence-corrected chi connectivity index (χ3v) is 3.57. The molecular formula is C18H23N3O2. The molecule has 0 saturated carbocycles. The molecule has 0 fully saturated rings. The van der Waals surface area contributed by atoms with Gasteiger partial charge in [0.2, 0.25) is 0 Å². The molecule has 0 aliphatic rings. The maximum Gasteiger partial charge on any atom is 0.252 e. The number of nitrogens with zero attached hydrogens (tertiary/aromatic N) is 2. The molecule has 0 aliphatic heterocycles. The van der Waals surface area contributed by atoms with Gasteiger partial charge in [0.1, 0.15) is 0 Å². The molecule has 122 valence electrons. The quantitative estimate of drug-likeness (QED) is 0.859. The lowest BCUT2D eigenvalue weighted by atomic mass is 10.1. The van der Waals surface area contributed by atoms with Gasteiger partial charge in [-0.3, -0.25) is 9.78 Å². The Morgan fingerprint density at radius 1 is 1.22 bits per heavy atom. The van der Waals surface area contributed by atoms with Crippen LogP contribution < -0.4 is 10.2 Å². The molecule has 2 rings (SSSR count). The van der Waals surface area contributed by atoms with E-state index in [2.05, 4.69) is 10.3 Å². The first-order chi connectivity index (χ1) is 11.0. The number of pyridine rings is 1. The highest BCUT2D eigenvalue weighted by atomic mass is 16.3. The Morgan fingerprint density at radius 2 is 1.91 bits per heavy atom. The molecule has 2 aromatic rings. The van der Waals surface area contributed by atoms with Crippen molar-refractivity contribution in [3.05, 3.63) is 48.3 Å². The number of aromatic nitrogens is 1. The van der Waals surface area contributed by atoms with Crippen molar-refractivity contribution in [3.63, 3.8) is 0 Å². The molecule has 1 heterocycles. The van der Waals surface area contributed by atoms with Gasteiger partial charge in [-0.2, -0.15) is 0 Å². The van der Waals surface area contributed by atoms with E-state index in [1.165, 1.54) is 0 Å². The Balaban J connectivity index is 2.11. The number of rotatable bonds is 6. The molecule has 5 heteroatoms. The van der Waals surface area contributed by atoms with Gasteiger partial charge in [0.05, 0.1) is 11.7 Å². The summed E-state index contributed by atoms with van der Waals surface area (Å²) in [5, 5.41) is 12.0. The largest absolute Gasteiger partial charge is 0.393 e. The predicted octanol–water partition coefficient (Wildman–Crippen LogP) is 2.32. The number of benzene rings is 1. The molecule has 1 aromatic heterocycles. The molecule has 23 heavy (non-hydrogen) atoms. The minimum atomic E-state index is -0.421. The van der Waals surface area contributed by atoms with Gasteiger partial charge in [0.15, 0.2) is 0 Å². The number of amides is 1. The van der Waals surface area contributed by atoms with Gasteiger partial charge in [0.25, 0.3) is 5.91 Å². The molecule has 1 amide bonds. The zero-order valence-electron chi connectivity index (χ0n) is 13.8. The molecule has 0 saturated heterocycles. The van der Waals surface area contributed by atoms with Crippen LogP contribution in [0.25, 0.3) is 11.1 Å². The minimum Gasteiger partial charge on any atom is -0.393 e. The summed E-state index contributed by atoms with van der Waals surface area (Å²) in [6.45, 7) is 2.14. The average molecular weight is 313 g/mol. The highest BCUT2D eigenvalue weighted by Crippen LogP contribution is 2.22. The molecule has 1 unspecified atom stereocenters. The van der Waals surface area contributed by atoms with E-state index in [1.54, 1.807) is 19.3 Å². The number of carbonyl (C=O) groups excluding carboxylic acids is 1. The van der Waals surface area contributed by atoms with Crippen LogP contribution in [0.15, 0.2) is 42.7 Å². The van der Waals surface area contributed by atoms with Gasteiger partial charge in [-0.25, -0.2) is 0 Å². The van der Waals surface area contributed by atoms with Crippen LogP contribution in [0.3, 0.4) is 0 Å². The Morgan fingerprint density at radius 3 is 2.52 bits per heavy atom. The first-order valence-corrected chi connectivity index (χ1v) is 7.66. The Hall–Kier alpha value is -2.40. The van der Waals surface area contributed by atoms with Gasteiger partial charge in [-0.1, -0.05) is 12.1 Å². The van der Waals surface area contributed by atoms with Gasteiger partial charge >= 0.3 is 0 Å². The summed E-state index contributed by atoms with van der Waals surface area (Å²) in [6.07, 6.45) is 3.41. The highest BCUT2D eigenvalue weighted by molar-refractivity contribution is 5.95. The van der Waals surface area contributed by atoms with Crippen LogP contribution in [0.1, 0.15) is 23.7 Å². The van der Waals surface area contributed by atoms with Crippen molar-refractivity contribution in [3.8, 4) is 11.1 Å². The molecule has 5 nitrogen and oxygen atoms in total. The second-order valence-electron chi connectivity index (χ2n) is 5.80. The lowest BCUT2D eigenvalue weighted by molar-refractivity contribution is 0.0945. The normalized spacial score (nSPS) is 11.8. The number of hydrogen-bond acceptors (Lipinski definition) is 4. The summed E-state index contributed by atoms with van der Waals surface area (Å²) < 4.78 is 0. The fraction of sp³-hybridized carbons (Fsp3) is 0.333. The molecular weight excluding hydrogens is 290 g/mol. The summed E-state index contributed by atoms with van der Waals surface area (Å²) in [6, 6.07) is 9.92. The van der Waals surface area contributed by atoms with Crippen LogP contribution in [0.2, 0.25) is 0 Å². The van der Waals surface area contributed by atoms with Gasteiger partial charge in [0, 0.05) is 44.3 Å². The van der Waals surface area contributed by atoms with Crippen LogP contribution in [-0.4, -0.2) is 42.7 Å². The standard InChI is InChI=1S/C18H23N3O2/c1-13(22)8-9-20-18(23)16-10-15(11-19-12-16)14-4-6-17(7-5-14)21(2)3/h4-7,10-13,22H,8-9H2,1-3H3,(H,20,23). The third-order valence-electron chi connectivity index (χ3n) is 3.57. The summed E-state index contributed by atoms with van der Waals surface area (Å²) in [4.78, 5) is 18.3. The summed E-state index contributed by atoms with van der Waals surface area (Å²) in [5.41, 5.74) is 3.55. The van der Waals surface area contributed by atoms with E-state index in [1.807, 2.05) is 49.3 Å². The number of nitrogens with one attached hydrogen (secondary N) is 1. The molecule has 0 spiro atoms. The van der Waals surface area contributed by atoms with E-state index in [0.29, 0.717) is 18.5 Å². The summed E-state index contributed by atoms with van der Waals surface area (Å²) in [7, 11) is 3.99. The fourth-order valence-corrected chi connectivity index (χ4v) is 2.17. The monoisotopic (exact) mass is 313 g/mol. The molecule has 0 bridgehead atoms. The van der Waals surface area contributed by atoms with Crippen molar-refractivity contribution in [1.82, 2.24) is 10.3 Å². The van der Waals surface area contributed by atoms with Crippen molar-refractivity contribution in [2.75, 3.05) is 25.5 Å². The lowest BCUT2D eigenvalue weighted by Gasteiger charge is -2.13. The maximum absolute atomic E-state index is 12.1. The van der Waals surface area contributed by atoms with Crippen LogP contribution in [0.4, 0.5) is 5.69 Å². The third kappa shape index (κ3) is 4.79. The van der Waals surface area contributed by atoms with Crippen LogP contribution >= 0.6 is 0 Å². The Kier molecular flexibility index (Phi) is 5.71. The number of carbonyl (C=O) groups is 1. The van der Waals surface area contributed by atoms with E-state index >= 15 is 0 Å². The van der Waals surface area contributed by atoms with Crippen molar-refractivity contribution in [1.29, 1.82) is 0 Å². The number of anilines is 1. The number of hydrogen-bond donors (Lipinski definition) is 2. The molecule has 2 N–H and O–H groups in total. The number of aliphatic hydroxyl groups is 1. The molecule has 1 aromatic carbocycles. The van der Waals surface area contributed by atoms with Crippen molar-refractivity contribution < 1.29 is 9.90 Å². The minimum absolute atomic E-state index is 0.176. The van der Waals surface area contributed by atoms with E-state index in [9.17, 15) is 9.90 Å². The average Bonchev–Trinajstić information content (AvgIpc) is 2.54. The van der Waals surface area contributed by atoms with E-state index in [-0.39, 0.29) is 5.91 Å². The summed E-state index contributed by atoms with van der Waals surface area (Å²) >= 11 is 0. The van der Waals surface area contributed by atoms with Gasteiger partial charge < -0.3 is 15.3 Å². The highest BCUT2D eigenvalue weighted by Gasteiger charge is 2.08. The van der Waals surface area contributed by atoms with Crippen LogP contribution in [0.5, 0.6) is 0 Å². The topological polar surface area (TPSA) is 65.5 Å². The van der Waals surface area contributed by atoms with Crippen LogP contribution in [-0.2, 0) is 0 Å². The van der Waals surface area contributed by atoms with Crippen molar-refractivity contribution in [2.45, 2.75) is 19.4 Å². The molecule has 1 atom stereocenters. The SMILES string of the molecule is CC(O)CCNC(=O)c1cncc(-c2ccc(N(C)C)cc2)c1. The zero-order chi connectivity index (χ0) is 16.8. The van der Waals surface area contributed by atoms with Gasteiger partial charge in [-0.15, -0.1) is 0 Å². The zero-order valence-corrected chi connectivity index (χ0v) is 13.8. The fourth-order valence-electron chi connectivity index (χ4n) is 2.17. The number of aliphatic hydroxyl groups excluding tert-OH is 1. The second-order valence-corrected chi connectivity index (χ2v) is 5.80. The smallest absolute Gasteiger partial charge is 0.252 e. The Labute approximate surface area is 137 Å². The first kappa shape index (κ1) is 17.0. The second kappa shape index (κ2) is 7.74. The maximum atomic E-state index is 12.1. The Bertz CT molecular complexity index is 652. The lowest BCUT2D eigenvalue weighted by Crippen LogP contribution is -2.26. The molecule has 0 radical (unpaired) electrons. The van der Waals surface area contributed by atoms with Crippen molar-refractivity contribution >= 4 is 11.6 Å².